The van der Waals surface area contributed by atoms with Crippen LogP contribution in [0.15, 0.2) is 43.0 Å². The number of aliphatic hydroxyl groups excluding tert-OH is 1. The smallest absolute Gasteiger partial charge is 0.111 e. The molecular formula is C14H16N4O. The highest BCUT2D eigenvalue weighted by atomic mass is 16.3. The van der Waals surface area contributed by atoms with Crippen LogP contribution in [0.25, 0.3) is 5.52 Å². The van der Waals surface area contributed by atoms with E-state index >= 15 is 0 Å². The number of aromatic nitrogens is 4. The number of hydrogen-bond acceptors (Lipinski definition) is 3. The van der Waals surface area contributed by atoms with Gasteiger partial charge in [0.2, 0.25) is 0 Å². The second-order valence-electron chi connectivity index (χ2n) is 4.57. The van der Waals surface area contributed by atoms with Gasteiger partial charge in [0, 0.05) is 30.1 Å². The van der Waals surface area contributed by atoms with Gasteiger partial charge in [-0.3, -0.25) is 4.68 Å². The largest absolute Gasteiger partial charge is 0.383 e. The Hall–Kier alpha value is -2.14. The first kappa shape index (κ1) is 11.9. The van der Waals surface area contributed by atoms with Crippen molar-refractivity contribution in [2.75, 3.05) is 0 Å². The molecule has 0 aromatic carbocycles. The van der Waals surface area contributed by atoms with Gasteiger partial charge in [-0.2, -0.15) is 10.2 Å². The zero-order valence-electron chi connectivity index (χ0n) is 10.8. The van der Waals surface area contributed by atoms with Crippen LogP contribution in [0.4, 0.5) is 0 Å². The maximum atomic E-state index is 10.5. The first-order valence-corrected chi connectivity index (χ1v) is 6.42. The molecule has 98 valence electrons. The van der Waals surface area contributed by atoms with Crippen molar-refractivity contribution in [1.29, 1.82) is 0 Å². The molecule has 0 aliphatic carbocycles. The van der Waals surface area contributed by atoms with Gasteiger partial charge in [-0.25, -0.2) is 4.52 Å². The fourth-order valence-corrected chi connectivity index (χ4v) is 2.22. The van der Waals surface area contributed by atoms with Gasteiger partial charge >= 0.3 is 0 Å². The third-order valence-electron chi connectivity index (χ3n) is 3.17. The van der Waals surface area contributed by atoms with Crippen LogP contribution in [-0.4, -0.2) is 24.5 Å². The summed E-state index contributed by atoms with van der Waals surface area (Å²) in [6.07, 6.45) is 7.51. The summed E-state index contributed by atoms with van der Waals surface area (Å²) in [6, 6.07) is 5.80. The Labute approximate surface area is 111 Å². The molecular weight excluding hydrogens is 240 g/mol. The Bertz CT molecular complexity index is 685. The molecule has 0 saturated heterocycles. The molecule has 5 heteroatoms. The molecule has 0 bridgehead atoms. The fourth-order valence-electron chi connectivity index (χ4n) is 2.22. The lowest BCUT2D eigenvalue weighted by atomic mass is 10.1. The van der Waals surface area contributed by atoms with Crippen LogP contribution in [0, 0.1) is 0 Å². The third kappa shape index (κ3) is 2.13. The number of nitrogens with zero attached hydrogens (tertiary/aromatic N) is 4. The Morgan fingerprint density at radius 2 is 2.16 bits per heavy atom. The van der Waals surface area contributed by atoms with E-state index in [0.29, 0.717) is 0 Å². The van der Waals surface area contributed by atoms with E-state index in [4.69, 9.17) is 0 Å². The molecule has 0 fully saturated rings. The number of aryl methyl sites for hydroxylation is 1. The summed E-state index contributed by atoms with van der Waals surface area (Å²) in [4.78, 5) is 0. The average Bonchev–Trinajstić information content (AvgIpc) is 3.05. The fraction of sp³-hybridized carbons (Fsp3) is 0.286. The molecule has 0 radical (unpaired) electrons. The summed E-state index contributed by atoms with van der Waals surface area (Å²) < 4.78 is 3.61. The molecule has 3 aromatic rings. The quantitative estimate of drug-likeness (QED) is 0.777. The average molecular weight is 256 g/mol. The van der Waals surface area contributed by atoms with Crippen molar-refractivity contribution in [2.45, 2.75) is 26.0 Å². The number of hydrogen-bond donors (Lipinski definition) is 1. The summed E-state index contributed by atoms with van der Waals surface area (Å²) in [6.45, 7) is 2.96. The molecule has 3 aromatic heterocycles. The standard InChI is InChI=1S/C14H16N4O/c1-2-6-17-10-11(8-15-17)14(19)12-9-16-18-7-4-3-5-13(12)18/h3-5,7-10,14,19H,2,6H2,1H3. The Morgan fingerprint density at radius 3 is 3.00 bits per heavy atom. The molecule has 0 aliphatic rings. The van der Waals surface area contributed by atoms with Gasteiger partial charge in [0.25, 0.3) is 0 Å². The highest BCUT2D eigenvalue weighted by Gasteiger charge is 2.17. The van der Waals surface area contributed by atoms with Crippen molar-refractivity contribution in [3.05, 3.63) is 54.1 Å². The van der Waals surface area contributed by atoms with Crippen LogP contribution in [0.1, 0.15) is 30.6 Å². The van der Waals surface area contributed by atoms with E-state index in [1.54, 1.807) is 16.9 Å². The minimum atomic E-state index is -0.689. The summed E-state index contributed by atoms with van der Waals surface area (Å²) in [5.41, 5.74) is 2.52. The van der Waals surface area contributed by atoms with E-state index in [2.05, 4.69) is 17.1 Å². The highest BCUT2D eigenvalue weighted by molar-refractivity contribution is 5.56. The topological polar surface area (TPSA) is 55.3 Å². The predicted octanol–water partition coefficient (Wildman–Crippen LogP) is 2.02. The molecule has 0 saturated carbocycles. The van der Waals surface area contributed by atoms with Crippen molar-refractivity contribution in [3.63, 3.8) is 0 Å². The summed E-state index contributed by atoms with van der Waals surface area (Å²) in [5.74, 6) is 0. The van der Waals surface area contributed by atoms with E-state index in [-0.39, 0.29) is 0 Å². The Morgan fingerprint density at radius 1 is 1.26 bits per heavy atom. The van der Waals surface area contributed by atoms with Crippen LogP contribution in [0.3, 0.4) is 0 Å². The van der Waals surface area contributed by atoms with E-state index in [1.807, 2.05) is 35.3 Å². The summed E-state index contributed by atoms with van der Waals surface area (Å²) in [5, 5.41) is 18.9. The molecule has 0 amide bonds. The lowest BCUT2D eigenvalue weighted by Gasteiger charge is -2.06. The molecule has 1 atom stereocenters. The summed E-state index contributed by atoms with van der Waals surface area (Å²) in [7, 11) is 0. The Balaban J connectivity index is 1.96. The van der Waals surface area contributed by atoms with Crippen molar-refractivity contribution in [3.8, 4) is 0 Å². The van der Waals surface area contributed by atoms with Crippen molar-refractivity contribution in [1.82, 2.24) is 19.4 Å². The number of pyridine rings is 1. The lowest BCUT2D eigenvalue weighted by Crippen LogP contribution is -1.99. The number of fused-ring (bicyclic) bond motifs is 1. The molecule has 1 unspecified atom stereocenters. The SMILES string of the molecule is CCCn1cc(C(O)c2cnn3ccccc23)cn1. The molecule has 3 heterocycles. The zero-order chi connectivity index (χ0) is 13.2. The maximum Gasteiger partial charge on any atom is 0.111 e. The third-order valence-corrected chi connectivity index (χ3v) is 3.17. The van der Waals surface area contributed by atoms with Gasteiger partial charge in [0.1, 0.15) is 6.10 Å². The molecule has 0 spiro atoms. The maximum absolute atomic E-state index is 10.5. The first-order valence-electron chi connectivity index (χ1n) is 6.42. The van der Waals surface area contributed by atoms with Gasteiger partial charge in [0.15, 0.2) is 0 Å². The van der Waals surface area contributed by atoms with Crippen LogP contribution < -0.4 is 0 Å². The summed E-state index contributed by atoms with van der Waals surface area (Å²) >= 11 is 0. The van der Waals surface area contributed by atoms with Crippen LogP contribution in [0.2, 0.25) is 0 Å². The van der Waals surface area contributed by atoms with Crippen molar-refractivity contribution < 1.29 is 5.11 Å². The van der Waals surface area contributed by atoms with E-state index < -0.39 is 6.10 Å². The van der Waals surface area contributed by atoms with E-state index in [0.717, 1.165) is 29.6 Å². The molecule has 19 heavy (non-hydrogen) atoms. The highest BCUT2D eigenvalue weighted by Crippen LogP contribution is 2.25. The van der Waals surface area contributed by atoms with E-state index in [9.17, 15) is 5.11 Å². The normalized spacial score (nSPS) is 12.9. The molecule has 1 N–H and O–H groups in total. The van der Waals surface area contributed by atoms with Crippen molar-refractivity contribution >= 4 is 5.52 Å². The minimum absolute atomic E-state index is 0.689. The lowest BCUT2D eigenvalue weighted by molar-refractivity contribution is 0.221. The van der Waals surface area contributed by atoms with E-state index in [1.165, 1.54) is 0 Å². The van der Waals surface area contributed by atoms with Crippen LogP contribution >= 0.6 is 0 Å². The molecule has 0 aliphatic heterocycles. The predicted molar refractivity (Wildman–Crippen MR) is 71.8 cm³/mol. The second kappa shape index (κ2) is 4.85. The zero-order valence-corrected chi connectivity index (χ0v) is 10.8. The van der Waals surface area contributed by atoms with Gasteiger partial charge in [-0.15, -0.1) is 0 Å². The minimum Gasteiger partial charge on any atom is -0.383 e. The van der Waals surface area contributed by atoms with Crippen LogP contribution in [-0.2, 0) is 6.54 Å². The first-order chi connectivity index (χ1) is 9.29. The second-order valence-corrected chi connectivity index (χ2v) is 4.57. The van der Waals surface area contributed by atoms with Gasteiger partial charge in [-0.05, 0) is 18.6 Å². The van der Waals surface area contributed by atoms with Gasteiger partial charge in [0.05, 0.1) is 17.9 Å². The Kier molecular flexibility index (Phi) is 3.05. The molecule has 3 rings (SSSR count). The molecule has 5 nitrogen and oxygen atoms in total. The van der Waals surface area contributed by atoms with Gasteiger partial charge in [-0.1, -0.05) is 13.0 Å². The van der Waals surface area contributed by atoms with Gasteiger partial charge < -0.3 is 5.11 Å². The van der Waals surface area contributed by atoms with Crippen molar-refractivity contribution in [2.24, 2.45) is 0 Å². The monoisotopic (exact) mass is 256 g/mol. The number of rotatable bonds is 4. The van der Waals surface area contributed by atoms with Crippen LogP contribution in [0.5, 0.6) is 0 Å². The number of aliphatic hydroxyl groups is 1.